The van der Waals surface area contributed by atoms with E-state index in [1.165, 1.54) is 77.7 Å². The van der Waals surface area contributed by atoms with Crippen LogP contribution in [0.4, 0.5) is 11.4 Å². The second kappa shape index (κ2) is 10.0. The van der Waals surface area contributed by atoms with Crippen LogP contribution in [0.3, 0.4) is 0 Å². The smallest absolute Gasteiger partial charge is 0.338 e. The van der Waals surface area contributed by atoms with Crippen molar-refractivity contribution < 1.29 is 29.2 Å². The van der Waals surface area contributed by atoms with Gasteiger partial charge in [-0.05, 0) is 73.2 Å². The summed E-state index contributed by atoms with van der Waals surface area (Å²) in [6, 6.07) is 16.2. The standard InChI is InChI=1S/C26H19ClN2O7/c1-2-36-26(33)17-7-11-19(12-8-17)28-22(15-5-13-20(14-6-15)29(34)35)21(24(31)25(28)32)23(30)16-3-9-18(27)10-4-16/h3-14,22,30H,2H2,1H3/b23-21-/t22-/m0/s1. The van der Waals surface area contributed by atoms with E-state index >= 15 is 0 Å². The highest BCUT2D eigenvalue weighted by atomic mass is 35.5. The Kier molecular flexibility index (Phi) is 6.84. The quantitative estimate of drug-likeness (QED) is 0.124. The molecule has 0 bridgehead atoms. The molecule has 4 rings (SSSR count). The molecule has 0 aromatic heterocycles. The Balaban J connectivity index is 1.86. The van der Waals surface area contributed by atoms with Crippen molar-refractivity contribution in [1.82, 2.24) is 0 Å². The van der Waals surface area contributed by atoms with Crippen LogP contribution in [0.1, 0.15) is 34.5 Å². The lowest BCUT2D eigenvalue weighted by molar-refractivity contribution is -0.384. The fraction of sp³-hybridized carbons (Fsp3) is 0.115. The third-order valence-electron chi connectivity index (χ3n) is 5.64. The van der Waals surface area contributed by atoms with E-state index in [-0.39, 0.29) is 34.7 Å². The number of aliphatic hydroxyl groups is 1. The predicted molar refractivity (Wildman–Crippen MR) is 132 cm³/mol. The topological polar surface area (TPSA) is 127 Å². The van der Waals surface area contributed by atoms with Crippen molar-refractivity contribution in [2.45, 2.75) is 13.0 Å². The van der Waals surface area contributed by atoms with Gasteiger partial charge in [-0.3, -0.25) is 24.6 Å². The number of benzene rings is 3. The summed E-state index contributed by atoms with van der Waals surface area (Å²) in [4.78, 5) is 50.1. The molecular formula is C26H19ClN2O7. The molecule has 0 spiro atoms. The molecular weight excluding hydrogens is 488 g/mol. The number of rotatable bonds is 6. The number of ether oxygens (including phenoxy) is 1. The number of anilines is 1. The Bertz CT molecular complexity index is 1380. The summed E-state index contributed by atoms with van der Waals surface area (Å²) in [5.74, 6) is -2.79. The van der Waals surface area contributed by atoms with Gasteiger partial charge in [0.05, 0.1) is 28.7 Å². The maximum atomic E-state index is 13.2. The van der Waals surface area contributed by atoms with Gasteiger partial charge in [0.25, 0.3) is 17.4 Å². The van der Waals surface area contributed by atoms with Gasteiger partial charge in [0, 0.05) is 28.4 Å². The lowest BCUT2D eigenvalue weighted by atomic mass is 9.95. The van der Waals surface area contributed by atoms with E-state index in [9.17, 15) is 29.6 Å². The number of non-ortho nitro benzene ring substituents is 1. The molecule has 1 atom stereocenters. The van der Waals surface area contributed by atoms with Gasteiger partial charge in [-0.1, -0.05) is 11.6 Å². The molecule has 3 aromatic rings. The van der Waals surface area contributed by atoms with E-state index in [1.807, 2.05) is 0 Å². The molecule has 182 valence electrons. The van der Waals surface area contributed by atoms with Crippen LogP contribution in [-0.2, 0) is 14.3 Å². The monoisotopic (exact) mass is 506 g/mol. The first-order valence-electron chi connectivity index (χ1n) is 10.8. The molecule has 1 aliphatic heterocycles. The molecule has 9 nitrogen and oxygen atoms in total. The number of nitro benzene ring substituents is 1. The van der Waals surface area contributed by atoms with Gasteiger partial charge in [-0.25, -0.2) is 4.79 Å². The van der Waals surface area contributed by atoms with Gasteiger partial charge in [0.2, 0.25) is 0 Å². The fourth-order valence-electron chi connectivity index (χ4n) is 3.93. The fourth-order valence-corrected chi connectivity index (χ4v) is 4.05. The Morgan fingerprint density at radius 2 is 1.58 bits per heavy atom. The van der Waals surface area contributed by atoms with Gasteiger partial charge < -0.3 is 9.84 Å². The largest absolute Gasteiger partial charge is 0.507 e. The third-order valence-corrected chi connectivity index (χ3v) is 5.89. The number of nitro groups is 1. The number of ketones is 1. The van der Waals surface area contributed by atoms with E-state index in [0.717, 1.165) is 0 Å². The van der Waals surface area contributed by atoms with E-state index in [4.69, 9.17) is 16.3 Å². The van der Waals surface area contributed by atoms with Crippen molar-refractivity contribution in [3.8, 4) is 0 Å². The van der Waals surface area contributed by atoms with E-state index in [0.29, 0.717) is 10.6 Å². The van der Waals surface area contributed by atoms with Crippen LogP contribution in [0.25, 0.3) is 5.76 Å². The maximum Gasteiger partial charge on any atom is 0.338 e. The van der Waals surface area contributed by atoms with Gasteiger partial charge in [-0.2, -0.15) is 0 Å². The molecule has 1 amide bonds. The Morgan fingerprint density at radius 3 is 2.14 bits per heavy atom. The molecule has 36 heavy (non-hydrogen) atoms. The average molecular weight is 507 g/mol. The molecule has 10 heteroatoms. The van der Waals surface area contributed by atoms with Crippen molar-refractivity contribution in [3.63, 3.8) is 0 Å². The normalized spacial score (nSPS) is 16.7. The van der Waals surface area contributed by atoms with Crippen LogP contribution in [-0.4, -0.2) is 34.3 Å². The van der Waals surface area contributed by atoms with Crippen LogP contribution < -0.4 is 4.90 Å². The number of nitrogens with zero attached hydrogens (tertiary/aromatic N) is 2. The van der Waals surface area contributed by atoms with E-state index in [1.54, 1.807) is 6.92 Å². The first kappa shape index (κ1) is 24.6. The number of amides is 1. The number of hydrogen-bond acceptors (Lipinski definition) is 7. The Labute approximate surface area is 210 Å². The molecule has 0 saturated carbocycles. The number of esters is 1. The number of halogens is 1. The van der Waals surface area contributed by atoms with Crippen LogP contribution in [0.15, 0.2) is 78.4 Å². The van der Waals surface area contributed by atoms with Crippen molar-refractivity contribution in [2.75, 3.05) is 11.5 Å². The average Bonchev–Trinajstić information content (AvgIpc) is 3.14. The van der Waals surface area contributed by atoms with Crippen molar-refractivity contribution in [2.24, 2.45) is 0 Å². The van der Waals surface area contributed by atoms with E-state index in [2.05, 4.69) is 0 Å². The number of Topliss-reactive ketones (excluding diaryl/α,β-unsaturated/α-hetero) is 1. The number of carbonyl (C=O) groups excluding carboxylic acids is 3. The summed E-state index contributed by atoms with van der Waals surface area (Å²) in [7, 11) is 0. The summed E-state index contributed by atoms with van der Waals surface area (Å²) >= 11 is 5.94. The summed E-state index contributed by atoms with van der Waals surface area (Å²) in [6.45, 7) is 1.87. The molecule has 3 aromatic carbocycles. The Hall–Kier alpha value is -4.50. The van der Waals surface area contributed by atoms with Crippen LogP contribution in [0, 0.1) is 10.1 Å². The first-order chi connectivity index (χ1) is 17.2. The molecule has 1 saturated heterocycles. The SMILES string of the molecule is CCOC(=O)c1ccc(N2C(=O)C(=O)/C(=C(\O)c3ccc(Cl)cc3)[C@@H]2c2ccc([N+](=O)[O-])cc2)cc1. The number of carbonyl (C=O) groups is 3. The minimum atomic E-state index is -1.09. The summed E-state index contributed by atoms with van der Waals surface area (Å²) in [5.41, 5.74) is 0.804. The third kappa shape index (κ3) is 4.56. The second-order valence-electron chi connectivity index (χ2n) is 7.79. The highest BCUT2D eigenvalue weighted by molar-refractivity contribution is 6.51. The predicted octanol–water partition coefficient (Wildman–Crippen LogP) is 5.05. The van der Waals surface area contributed by atoms with Crippen LogP contribution in [0.5, 0.6) is 0 Å². The van der Waals surface area contributed by atoms with E-state index < -0.39 is 34.4 Å². The minimum Gasteiger partial charge on any atom is -0.507 e. The number of aliphatic hydroxyl groups excluding tert-OH is 1. The summed E-state index contributed by atoms with van der Waals surface area (Å²) < 4.78 is 4.98. The number of hydrogen-bond donors (Lipinski definition) is 1. The summed E-state index contributed by atoms with van der Waals surface area (Å²) in [5, 5.41) is 22.6. The van der Waals surface area contributed by atoms with Gasteiger partial charge in [-0.15, -0.1) is 0 Å². The van der Waals surface area contributed by atoms with Crippen molar-refractivity contribution in [1.29, 1.82) is 0 Å². The zero-order valence-electron chi connectivity index (χ0n) is 18.9. The lowest BCUT2D eigenvalue weighted by Crippen LogP contribution is -2.29. The molecule has 0 aliphatic carbocycles. The highest BCUT2D eigenvalue weighted by Gasteiger charge is 2.47. The van der Waals surface area contributed by atoms with Crippen LogP contribution >= 0.6 is 11.6 Å². The zero-order chi connectivity index (χ0) is 26.0. The van der Waals surface area contributed by atoms with Gasteiger partial charge in [0.15, 0.2) is 0 Å². The van der Waals surface area contributed by atoms with Crippen molar-refractivity contribution >= 4 is 46.4 Å². The second-order valence-corrected chi connectivity index (χ2v) is 8.23. The van der Waals surface area contributed by atoms with Gasteiger partial charge in [0.1, 0.15) is 5.76 Å². The molecule has 1 aliphatic rings. The maximum absolute atomic E-state index is 13.2. The molecule has 0 radical (unpaired) electrons. The zero-order valence-corrected chi connectivity index (χ0v) is 19.6. The Morgan fingerprint density at radius 1 is 1.00 bits per heavy atom. The molecule has 1 N–H and O–H groups in total. The molecule has 0 unspecified atom stereocenters. The van der Waals surface area contributed by atoms with Crippen molar-refractivity contribution in [3.05, 3.63) is 110 Å². The minimum absolute atomic E-state index is 0.174. The first-order valence-corrected chi connectivity index (χ1v) is 11.2. The molecule has 1 fully saturated rings. The van der Waals surface area contributed by atoms with Crippen LogP contribution in [0.2, 0.25) is 5.02 Å². The highest BCUT2D eigenvalue weighted by Crippen LogP contribution is 2.42. The lowest BCUT2D eigenvalue weighted by Gasteiger charge is -2.25. The molecule has 1 heterocycles. The summed E-state index contributed by atoms with van der Waals surface area (Å²) in [6.07, 6.45) is 0. The van der Waals surface area contributed by atoms with Gasteiger partial charge >= 0.3 is 5.97 Å².